The average Bonchev–Trinajstić information content (AvgIpc) is 2.87. The highest BCUT2D eigenvalue weighted by molar-refractivity contribution is 5.89. The first-order valence-corrected chi connectivity index (χ1v) is 5.44. The molecule has 3 N–H and O–H groups in total. The van der Waals surface area contributed by atoms with E-state index < -0.39 is 5.97 Å². The first-order valence-electron chi connectivity index (χ1n) is 5.44. The number of aromatic carboxylic acids is 1. The molecule has 1 fully saturated rings. The predicted octanol–water partition coefficient (Wildman–Crippen LogP) is 1.80. The zero-order valence-electron chi connectivity index (χ0n) is 9.82. The van der Waals surface area contributed by atoms with E-state index in [-0.39, 0.29) is 11.1 Å². The van der Waals surface area contributed by atoms with E-state index in [4.69, 9.17) is 10.8 Å². The van der Waals surface area contributed by atoms with E-state index in [0.29, 0.717) is 17.4 Å². The molecule has 2 rings (SSSR count). The monoisotopic (exact) mass is 223 g/mol. The number of nitrogen functional groups attached to an aromatic ring is 1. The summed E-state index contributed by atoms with van der Waals surface area (Å²) in [7, 11) is 0. The Kier molecular flexibility index (Phi) is 2.22. The predicted molar refractivity (Wildman–Crippen MR) is 60.6 cm³/mol. The topological polar surface area (TPSA) is 81.1 Å². The number of aromatic nitrogens is 2. The van der Waals surface area contributed by atoms with E-state index in [2.05, 4.69) is 5.10 Å². The Labute approximate surface area is 94.2 Å². The minimum atomic E-state index is -1.00. The first kappa shape index (κ1) is 11.0. The highest BCUT2D eigenvalue weighted by atomic mass is 16.4. The second-order valence-corrected chi connectivity index (χ2v) is 5.34. The van der Waals surface area contributed by atoms with Crippen LogP contribution >= 0.6 is 0 Å². The second kappa shape index (κ2) is 3.23. The summed E-state index contributed by atoms with van der Waals surface area (Å²) in [6, 6.07) is 0.300. The van der Waals surface area contributed by atoms with Gasteiger partial charge in [-0.25, -0.2) is 9.48 Å². The van der Waals surface area contributed by atoms with Gasteiger partial charge in [-0.3, -0.25) is 0 Å². The lowest BCUT2D eigenvalue weighted by Gasteiger charge is -2.18. The molecule has 0 aliphatic heterocycles. The second-order valence-electron chi connectivity index (χ2n) is 5.34. The molecule has 0 aromatic carbocycles. The maximum atomic E-state index is 11.1. The number of carbonyl (C=O) groups is 1. The van der Waals surface area contributed by atoms with Gasteiger partial charge < -0.3 is 10.8 Å². The van der Waals surface area contributed by atoms with E-state index in [0.717, 1.165) is 12.8 Å². The van der Waals surface area contributed by atoms with Gasteiger partial charge in [-0.2, -0.15) is 5.10 Å². The highest BCUT2D eigenvalue weighted by Crippen LogP contribution is 2.40. The maximum Gasteiger partial charge on any atom is 0.356 e. The van der Waals surface area contributed by atoms with Crippen LogP contribution in [0.1, 0.15) is 55.7 Å². The molecule has 1 aromatic rings. The van der Waals surface area contributed by atoms with Crippen LogP contribution in [0.4, 0.5) is 5.82 Å². The van der Waals surface area contributed by atoms with Crippen molar-refractivity contribution in [2.45, 2.75) is 45.1 Å². The van der Waals surface area contributed by atoms with Gasteiger partial charge in [-0.15, -0.1) is 0 Å². The van der Waals surface area contributed by atoms with Crippen LogP contribution in [-0.2, 0) is 5.41 Å². The molecule has 0 saturated heterocycles. The summed E-state index contributed by atoms with van der Waals surface area (Å²) in [5.74, 6) is -0.497. The van der Waals surface area contributed by atoms with Gasteiger partial charge in [-0.05, 0) is 18.3 Å². The standard InChI is InChI=1S/C11H17N3O2/c1-11(2,3)7-8(10(15)16)13-14(9(7)12)6-4-5-6/h6H,4-5,12H2,1-3H3,(H,15,16). The molecule has 5 heteroatoms. The van der Waals surface area contributed by atoms with E-state index >= 15 is 0 Å². The summed E-state index contributed by atoms with van der Waals surface area (Å²) in [5.41, 5.74) is 6.45. The van der Waals surface area contributed by atoms with Gasteiger partial charge >= 0.3 is 5.97 Å². The Hall–Kier alpha value is -1.52. The summed E-state index contributed by atoms with van der Waals surface area (Å²) in [6.07, 6.45) is 2.07. The number of carboxylic acids is 1. The minimum absolute atomic E-state index is 0.0944. The molecule has 0 bridgehead atoms. The zero-order valence-corrected chi connectivity index (χ0v) is 9.82. The summed E-state index contributed by atoms with van der Waals surface area (Å²) < 4.78 is 1.67. The molecule has 0 amide bonds. The molecule has 1 aromatic heterocycles. The Morgan fingerprint density at radius 2 is 2.06 bits per heavy atom. The van der Waals surface area contributed by atoms with Gasteiger partial charge in [0.15, 0.2) is 5.69 Å². The molecule has 1 aliphatic rings. The third kappa shape index (κ3) is 1.66. The lowest BCUT2D eigenvalue weighted by Crippen LogP contribution is -2.17. The number of hydrogen-bond donors (Lipinski definition) is 2. The number of anilines is 1. The first-order chi connectivity index (χ1) is 7.32. The molecule has 0 spiro atoms. The quantitative estimate of drug-likeness (QED) is 0.801. The third-order valence-electron chi connectivity index (χ3n) is 2.79. The molecule has 0 unspecified atom stereocenters. The molecular formula is C11H17N3O2. The summed E-state index contributed by atoms with van der Waals surface area (Å²) in [4.78, 5) is 11.1. The molecular weight excluding hydrogens is 206 g/mol. The van der Waals surface area contributed by atoms with Gasteiger partial charge in [0.25, 0.3) is 0 Å². The number of carboxylic acid groups (broad SMARTS) is 1. The Balaban J connectivity index is 2.59. The van der Waals surface area contributed by atoms with Crippen LogP contribution in [0.15, 0.2) is 0 Å². The molecule has 1 saturated carbocycles. The Morgan fingerprint density at radius 1 is 1.50 bits per heavy atom. The van der Waals surface area contributed by atoms with Crippen LogP contribution in [-0.4, -0.2) is 20.9 Å². The molecule has 0 atom stereocenters. The Morgan fingerprint density at radius 3 is 2.38 bits per heavy atom. The van der Waals surface area contributed by atoms with Gasteiger partial charge in [0.1, 0.15) is 5.82 Å². The van der Waals surface area contributed by atoms with Gasteiger partial charge in [-0.1, -0.05) is 20.8 Å². The van der Waals surface area contributed by atoms with Crippen molar-refractivity contribution in [3.63, 3.8) is 0 Å². The van der Waals surface area contributed by atoms with Crippen LogP contribution in [0.3, 0.4) is 0 Å². The van der Waals surface area contributed by atoms with Crippen molar-refractivity contribution >= 4 is 11.8 Å². The van der Waals surface area contributed by atoms with Crippen molar-refractivity contribution < 1.29 is 9.90 Å². The number of rotatable bonds is 2. The fourth-order valence-electron chi connectivity index (χ4n) is 1.93. The summed E-state index contributed by atoms with van der Waals surface area (Å²) >= 11 is 0. The average molecular weight is 223 g/mol. The zero-order chi connectivity index (χ0) is 12.1. The van der Waals surface area contributed by atoms with Gasteiger partial charge in [0.2, 0.25) is 0 Å². The van der Waals surface area contributed by atoms with Crippen molar-refractivity contribution in [2.75, 3.05) is 5.73 Å². The fraction of sp³-hybridized carbons (Fsp3) is 0.636. The molecule has 1 aliphatic carbocycles. The van der Waals surface area contributed by atoms with E-state index in [1.54, 1.807) is 4.68 Å². The number of hydrogen-bond acceptors (Lipinski definition) is 3. The lowest BCUT2D eigenvalue weighted by atomic mass is 9.86. The molecule has 16 heavy (non-hydrogen) atoms. The van der Waals surface area contributed by atoms with Crippen molar-refractivity contribution in [1.29, 1.82) is 0 Å². The van der Waals surface area contributed by atoms with Crippen LogP contribution < -0.4 is 5.73 Å². The summed E-state index contributed by atoms with van der Waals surface area (Å²) in [5, 5.41) is 13.3. The maximum absolute atomic E-state index is 11.1. The van der Waals surface area contributed by atoms with Crippen LogP contribution in [0.5, 0.6) is 0 Å². The highest BCUT2D eigenvalue weighted by Gasteiger charge is 2.34. The smallest absolute Gasteiger partial charge is 0.356 e. The fourth-order valence-corrected chi connectivity index (χ4v) is 1.93. The van der Waals surface area contributed by atoms with Crippen molar-refractivity contribution in [1.82, 2.24) is 9.78 Å². The molecule has 1 heterocycles. The van der Waals surface area contributed by atoms with Crippen LogP contribution in [0.2, 0.25) is 0 Å². The van der Waals surface area contributed by atoms with Crippen molar-refractivity contribution in [3.8, 4) is 0 Å². The van der Waals surface area contributed by atoms with Crippen molar-refractivity contribution in [2.24, 2.45) is 0 Å². The molecule has 0 radical (unpaired) electrons. The summed E-state index contributed by atoms with van der Waals surface area (Å²) in [6.45, 7) is 5.85. The van der Waals surface area contributed by atoms with E-state index in [1.807, 2.05) is 20.8 Å². The number of nitrogens with zero attached hydrogens (tertiary/aromatic N) is 2. The van der Waals surface area contributed by atoms with Crippen LogP contribution in [0, 0.1) is 0 Å². The largest absolute Gasteiger partial charge is 0.476 e. The third-order valence-corrected chi connectivity index (χ3v) is 2.79. The van der Waals surface area contributed by atoms with Crippen LogP contribution in [0.25, 0.3) is 0 Å². The Bertz CT molecular complexity index is 439. The normalized spacial score (nSPS) is 16.4. The van der Waals surface area contributed by atoms with Gasteiger partial charge in [0, 0.05) is 5.56 Å². The van der Waals surface area contributed by atoms with E-state index in [9.17, 15) is 4.79 Å². The van der Waals surface area contributed by atoms with Crippen molar-refractivity contribution in [3.05, 3.63) is 11.3 Å². The lowest BCUT2D eigenvalue weighted by molar-refractivity contribution is 0.0687. The minimum Gasteiger partial charge on any atom is -0.476 e. The van der Waals surface area contributed by atoms with E-state index in [1.165, 1.54) is 0 Å². The SMILES string of the molecule is CC(C)(C)c1c(C(=O)O)nn(C2CC2)c1N. The molecule has 88 valence electrons. The molecule has 5 nitrogen and oxygen atoms in total. The van der Waals surface area contributed by atoms with Gasteiger partial charge in [0.05, 0.1) is 6.04 Å². The number of nitrogens with two attached hydrogens (primary N) is 1.